The highest BCUT2D eigenvalue weighted by molar-refractivity contribution is 7.90. The van der Waals surface area contributed by atoms with Crippen LogP contribution < -0.4 is 10.4 Å². The van der Waals surface area contributed by atoms with Gasteiger partial charge in [0.05, 0.1) is 17.6 Å². The Labute approximate surface area is 160 Å². The summed E-state index contributed by atoms with van der Waals surface area (Å²) < 4.78 is 13.8. The average molecular weight is 378 g/mol. The fraction of sp³-hybridized carbons (Fsp3) is 0.0500. The largest absolute Gasteiger partial charge is 0.612 e. The van der Waals surface area contributed by atoms with Crippen molar-refractivity contribution in [3.05, 3.63) is 90.6 Å². The molecular weight excluding hydrogens is 360 g/mol. The Morgan fingerprint density at radius 3 is 2.56 bits per heavy atom. The van der Waals surface area contributed by atoms with Gasteiger partial charge in [-0.15, -0.1) is 0 Å². The molecule has 0 saturated carbocycles. The van der Waals surface area contributed by atoms with Crippen LogP contribution in [0.25, 0.3) is 11.4 Å². The van der Waals surface area contributed by atoms with Crippen molar-refractivity contribution in [3.8, 4) is 5.69 Å². The number of aliphatic hydroxyl groups excluding tert-OH is 1. The van der Waals surface area contributed by atoms with Crippen LogP contribution in [0.4, 0.5) is 5.69 Å². The van der Waals surface area contributed by atoms with Gasteiger partial charge >= 0.3 is 0 Å². The van der Waals surface area contributed by atoms with Crippen molar-refractivity contribution in [3.63, 3.8) is 0 Å². The third-order valence-corrected chi connectivity index (χ3v) is 5.17. The molecule has 0 bridgehead atoms. The molecule has 27 heavy (non-hydrogen) atoms. The molecule has 1 atom stereocenters. The minimum atomic E-state index is -1.14. The van der Waals surface area contributed by atoms with Gasteiger partial charge in [0.25, 0.3) is 0 Å². The van der Waals surface area contributed by atoms with Crippen LogP contribution in [0.1, 0.15) is 5.69 Å². The number of anilines is 1. The van der Waals surface area contributed by atoms with Crippen molar-refractivity contribution < 1.29 is 9.66 Å². The van der Waals surface area contributed by atoms with E-state index in [-0.39, 0.29) is 5.76 Å². The summed E-state index contributed by atoms with van der Waals surface area (Å²) in [5.74, 6) is 0.0963. The van der Waals surface area contributed by atoms with Crippen LogP contribution in [0, 0.1) is 0 Å². The Hall–Kier alpha value is -3.16. The van der Waals surface area contributed by atoms with Gasteiger partial charge in [0.2, 0.25) is 0 Å². The zero-order valence-electron chi connectivity index (χ0n) is 14.6. The molecule has 1 aliphatic heterocycles. The van der Waals surface area contributed by atoms with Gasteiger partial charge in [-0.2, -0.15) is 5.10 Å². The average Bonchev–Trinajstić information content (AvgIpc) is 3.18. The first-order valence-corrected chi connectivity index (χ1v) is 9.90. The quantitative estimate of drug-likeness (QED) is 0.681. The second-order valence-electron chi connectivity index (χ2n) is 5.94. The van der Waals surface area contributed by atoms with Crippen molar-refractivity contribution in [1.82, 2.24) is 15.2 Å². The fourth-order valence-electron chi connectivity index (χ4n) is 2.94. The second-order valence-corrected chi connectivity index (χ2v) is 7.29. The van der Waals surface area contributed by atoms with E-state index < -0.39 is 11.2 Å². The van der Waals surface area contributed by atoms with Gasteiger partial charge in [0.15, 0.2) is 4.90 Å². The van der Waals surface area contributed by atoms with Gasteiger partial charge in [-0.1, -0.05) is 30.3 Å². The zero-order chi connectivity index (χ0) is 18.8. The first kappa shape index (κ1) is 17.3. The van der Waals surface area contributed by atoms with Gasteiger partial charge < -0.3 is 9.66 Å². The molecule has 0 fully saturated rings. The molecule has 2 heterocycles. The summed E-state index contributed by atoms with van der Waals surface area (Å²) in [5, 5.41) is 16.6. The predicted molar refractivity (Wildman–Crippen MR) is 107 cm³/mol. The third-order valence-electron chi connectivity index (χ3n) is 4.20. The van der Waals surface area contributed by atoms with E-state index in [1.54, 1.807) is 34.4 Å². The van der Waals surface area contributed by atoms with Crippen LogP contribution in [-0.2, 0) is 11.2 Å². The lowest BCUT2D eigenvalue weighted by Gasteiger charge is -2.29. The molecule has 4 rings (SSSR count). The number of hydrogen-bond acceptors (Lipinski definition) is 5. The monoisotopic (exact) mass is 378 g/mol. The van der Waals surface area contributed by atoms with E-state index >= 15 is 0 Å². The van der Waals surface area contributed by atoms with Gasteiger partial charge in [0, 0.05) is 12.3 Å². The van der Waals surface area contributed by atoms with Gasteiger partial charge in [-0.3, -0.25) is 10.4 Å². The van der Waals surface area contributed by atoms with E-state index in [4.69, 9.17) is 0 Å². The Bertz CT molecular complexity index is 1010. The summed E-state index contributed by atoms with van der Waals surface area (Å²) in [7, 11) is 0. The van der Waals surface area contributed by atoms with Crippen molar-refractivity contribution in [2.75, 3.05) is 11.3 Å². The molecule has 2 aromatic carbocycles. The smallest absolute Gasteiger partial charge is 0.178 e. The maximum atomic E-state index is 12.1. The fourth-order valence-corrected chi connectivity index (χ4v) is 3.67. The molecule has 2 N–H and O–H groups in total. The van der Waals surface area contributed by atoms with Crippen LogP contribution in [0.15, 0.2) is 89.8 Å². The highest BCUT2D eigenvalue weighted by Gasteiger charge is 2.23. The Kier molecular flexibility index (Phi) is 4.62. The summed E-state index contributed by atoms with van der Waals surface area (Å²) in [6, 6.07) is 19.0. The summed E-state index contributed by atoms with van der Waals surface area (Å²) in [6.07, 6.45) is 6.63. The first-order chi connectivity index (χ1) is 13.1. The number of hydrazine groups is 1. The molecule has 1 unspecified atom stereocenters. The molecule has 3 aromatic rings. The van der Waals surface area contributed by atoms with E-state index in [1.165, 1.54) is 0 Å². The van der Waals surface area contributed by atoms with Crippen LogP contribution >= 0.6 is 0 Å². The molecule has 136 valence electrons. The van der Waals surface area contributed by atoms with E-state index in [2.05, 4.69) is 10.5 Å². The SMILES string of the molecule is C[S+]([O-])c1ccccc1N1C=CC(O)=C(c2ccnn2-c2ccccc2)N1. The number of nitrogens with zero attached hydrogens (tertiary/aromatic N) is 3. The van der Waals surface area contributed by atoms with Gasteiger partial charge in [-0.05, 0) is 41.5 Å². The van der Waals surface area contributed by atoms with Crippen LogP contribution in [0.5, 0.6) is 0 Å². The van der Waals surface area contributed by atoms with E-state index in [0.717, 1.165) is 11.4 Å². The Balaban J connectivity index is 1.72. The topological polar surface area (TPSA) is 76.4 Å². The maximum Gasteiger partial charge on any atom is 0.178 e. The highest BCUT2D eigenvalue weighted by Crippen LogP contribution is 2.29. The minimum Gasteiger partial charge on any atom is -0.612 e. The number of aliphatic hydroxyl groups is 1. The molecule has 0 amide bonds. The number of nitrogens with one attached hydrogen (secondary N) is 1. The molecule has 0 spiro atoms. The van der Waals surface area contributed by atoms with E-state index in [1.807, 2.05) is 60.7 Å². The molecule has 1 aliphatic rings. The molecule has 6 nitrogen and oxygen atoms in total. The highest BCUT2D eigenvalue weighted by atomic mass is 32.2. The first-order valence-electron chi connectivity index (χ1n) is 8.35. The lowest BCUT2D eigenvalue weighted by atomic mass is 10.2. The molecule has 0 aliphatic carbocycles. The molecule has 0 radical (unpaired) electrons. The minimum absolute atomic E-state index is 0.0963. The lowest BCUT2D eigenvalue weighted by molar-refractivity contribution is 0.428. The zero-order valence-corrected chi connectivity index (χ0v) is 15.4. The predicted octanol–water partition coefficient (Wildman–Crippen LogP) is 3.37. The number of rotatable bonds is 4. The summed E-state index contributed by atoms with van der Waals surface area (Å²) in [4.78, 5) is 0.701. The number of aromatic nitrogens is 2. The van der Waals surface area contributed by atoms with E-state index in [0.29, 0.717) is 16.3 Å². The van der Waals surface area contributed by atoms with Crippen LogP contribution in [-0.4, -0.2) is 25.7 Å². The number of allylic oxidation sites excluding steroid dienone is 1. The summed E-state index contributed by atoms with van der Waals surface area (Å²) >= 11 is -1.14. The molecule has 0 saturated heterocycles. The van der Waals surface area contributed by atoms with Crippen LogP contribution in [0.2, 0.25) is 0 Å². The number of para-hydroxylation sites is 2. The number of hydrogen-bond donors (Lipinski definition) is 2. The van der Waals surface area contributed by atoms with E-state index in [9.17, 15) is 9.66 Å². The maximum absolute atomic E-state index is 12.1. The summed E-state index contributed by atoms with van der Waals surface area (Å²) in [6.45, 7) is 0. The Morgan fingerprint density at radius 2 is 1.78 bits per heavy atom. The molecular formula is C20H18N4O2S. The van der Waals surface area contributed by atoms with Crippen molar-refractivity contribution in [2.24, 2.45) is 0 Å². The number of benzene rings is 2. The third kappa shape index (κ3) is 3.30. The van der Waals surface area contributed by atoms with Gasteiger partial charge in [-0.25, -0.2) is 4.68 Å². The Morgan fingerprint density at radius 1 is 1.04 bits per heavy atom. The van der Waals surface area contributed by atoms with Crippen molar-refractivity contribution in [2.45, 2.75) is 4.90 Å². The standard InChI is InChI=1S/C20H18N4O2S/c1-27(26)19-10-6-5-9-16(19)23-14-12-18(25)20(22-23)17-11-13-21-24(17)15-7-3-2-4-8-15/h2-14,22,25H,1H3. The molecule has 7 heteroatoms. The lowest BCUT2D eigenvalue weighted by Crippen LogP contribution is -2.36. The van der Waals surface area contributed by atoms with Gasteiger partial charge in [0.1, 0.15) is 23.4 Å². The second kappa shape index (κ2) is 7.22. The summed E-state index contributed by atoms with van der Waals surface area (Å²) in [5.41, 5.74) is 6.07. The van der Waals surface area contributed by atoms with Crippen molar-refractivity contribution >= 4 is 22.6 Å². The molecule has 1 aromatic heterocycles. The normalized spacial score (nSPS) is 15.0. The van der Waals surface area contributed by atoms with Crippen LogP contribution in [0.3, 0.4) is 0 Å². The van der Waals surface area contributed by atoms with Crippen molar-refractivity contribution in [1.29, 1.82) is 0 Å².